The van der Waals surface area contributed by atoms with Gasteiger partial charge >= 0.3 is 0 Å². The molecule has 31 heavy (non-hydrogen) atoms. The molecule has 2 unspecified atom stereocenters. The number of hydrogen-bond donors (Lipinski definition) is 3. The summed E-state index contributed by atoms with van der Waals surface area (Å²) in [5.41, 5.74) is 3.00. The summed E-state index contributed by atoms with van der Waals surface area (Å²) in [6.07, 6.45) is 1.63. The average molecular weight is 420 g/mol. The Balaban J connectivity index is 1.68. The van der Waals surface area contributed by atoms with Crippen molar-refractivity contribution in [3.63, 3.8) is 0 Å². The number of fused-ring (bicyclic) bond motifs is 3. The van der Waals surface area contributed by atoms with Crippen LogP contribution in [0.15, 0.2) is 65.2 Å². The molecule has 0 bridgehead atoms. The van der Waals surface area contributed by atoms with E-state index in [4.69, 9.17) is 9.57 Å². The fourth-order valence-electron chi connectivity index (χ4n) is 3.81. The number of allylic oxidation sites excluding steroid dienone is 1. The summed E-state index contributed by atoms with van der Waals surface area (Å²) in [6, 6.07) is 11.2. The molecular formula is C21H16N4O6. The van der Waals surface area contributed by atoms with E-state index in [0.29, 0.717) is 16.7 Å². The standard InChI is InChI=1S/C21H16N4O6/c1-11-10-21(24-31-11)23-17(18(26)12-6-8-13(9-7-12)25(28)29)16-19(30-21)14-4-2-3-5-15(14)22-20(16)27/h2-10,17,23-24H,1H3,(H,22,27). The first-order valence-electron chi connectivity index (χ1n) is 9.41. The van der Waals surface area contributed by atoms with Crippen molar-refractivity contribution < 1.29 is 19.3 Å². The number of nitro groups is 1. The number of nitro benzene ring substituents is 1. The van der Waals surface area contributed by atoms with Crippen LogP contribution in [0.25, 0.3) is 10.9 Å². The minimum atomic E-state index is -1.37. The SMILES string of the molecule is CC1=CC2(NO1)NC(C(=O)c1ccc([N+](=O)[O-])cc1)c1c(c3ccccc3[nH]c1=O)O2. The number of para-hydroxylation sites is 1. The molecule has 2 aromatic carbocycles. The molecule has 2 atom stereocenters. The molecule has 5 rings (SSSR count). The number of pyridine rings is 1. The Kier molecular flexibility index (Phi) is 4.14. The van der Waals surface area contributed by atoms with Crippen LogP contribution in [0.5, 0.6) is 5.75 Å². The van der Waals surface area contributed by atoms with Gasteiger partial charge in [0, 0.05) is 29.2 Å². The number of Topliss-reactive ketones (excluding diaryl/α,β-unsaturated/α-hetero) is 1. The molecule has 3 N–H and O–H groups in total. The molecule has 0 aliphatic carbocycles. The second-order valence-electron chi connectivity index (χ2n) is 7.28. The van der Waals surface area contributed by atoms with Gasteiger partial charge in [-0.05, 0) is 31.2 Å². The predicted octanol–water partition coefficient (Wildman–Crippen LogP) is 2.43. The second-order valence-corrected chi connectivity index (χ2v) is 7.28. The highest BCUT2D eigenvalue weighted by Gasteiger charge is 2.47. The lowest BCUT2D eigenvalue weighted by molar-refractivity contribution is -0.384. The largest absolute Gasteiger partial charge is 0.451 e. The van der Waals surface area contributed by atoms with E-state index in [1.807, 2.05) is 0 Å². The number of rotatable bonds is 3. The van der Waals surface area contributed by atoms with Gasteiger partial charge in [-0.25, -0.2) is 5.32 Å². The Bertz CT molecular complexity index is 1330. The van der Waals surface area contributed by atoms with Crippen molar-refractivity contribution >= 4 is 22.4 Å². The zero-order chi connectivity index (χ0) is 21.8. The number of hydrogen-bond acceptors (Lipinski definition) is 8. The zero-order valence-electron chi connectivity index (χ0n) is 16.2. The summed E-state index contributed by atoms with van der Waals surface area (Å²) in [7, 11) is 0. The summed E-state index contributed by atoms with van der Waals surface area (Å²) in [4.78, 5) is 44.9. The van der Waals surface area contributed by atoms with Crippen LogP contribution in [0.3, 0.4) is 0 Å². The number of benzene rings is 2. The van der Waals surface area contributed by atoms with Crippen LogP contribution in [-0.4, -0.2) is 21.5 Å². The van der Waals surface area contributed by atoms with Gasteiger partial charge in [-0.3, -0.25) is 19.7 Å². The number of ketones is 1. The van der Waals surface area contributed by atoms with Crippen LogP contribution in [0.1, 0.15) is 28.9 Å². The Morgan fingerprint density at radius 2 is 1.90 bits per heavy atom. The molecule has 0 saturated carbocycles. The van der Waals surface area contributed by atoms with E-state index in [0.717, 1.165) is 0 Å². The maximum atomic E-state index is 13.4. The van der Waals surface area contributed by atoms with Gasteiger partial charge in [-0.2, -0.15) is 0 Å². The fourth-order valence-corrected chi connectivity index (χ4v) is 3.81. The molecule has 2 aliphatic heterocycles. The maximum absolute atomic E-state index is 13.4. The van der Waals surface area contributed by atoms with Crippen molar-refractivity contribution in [1.82, 2.24) is 15.8 Å². The van der Waals surface area contributed by atoms with Crippen LogP contribution >= 0.6 is 0 Å². The van der Waals surface area contributed by atoms with E-state index < -0.39 is 28.2 Å². The topological polar surface area (TPSA) is 136 Å². The highest BCUT2D eigenvalue weighted by molar-refractivity contribution is 6.02. The van der Waals surface area contributed by atoms with Gasteiger partial charge < -0.3 is 14.6 Å². The smallest absolute Gasteiger partial charge is 0.272 e. The number of carbonyl (C=O) groups is 1. The lowest BCUT2D eigenvalue weighted by atomic mass is 9.94. The molecule has 10 nitrogen and oxygen atoms in total. The van der Waals surface area contributed by atoms with Gasteiger partial charge in [-0.1, -0.05) is 17.6 Å². The Labute approximate surface area is 174 Å². The Hall–Kier alpha value is -4.02. The van der Waals surface area contributed by atoms with Crippen molar-refractivity contribution in [3.05, 3.63) is 92.0 Å². The van der Waals surface area contributed by atoms with E-state index in [1.165, 1.54) is 24.3 Å². The van der Waals surface area contributed by atoms with Gasteiger partial charge in [-0.15, -0.1) is 0 Å². The van der Waals surface area contributed by atoms with Gasteiger partial charge in [0.05, 0.1) is 16.0 Å². The molecule has 0 amide bonds. The van der Waals surface area contributed by atoms with Gasteiger partial charge in [0.25, 0.3) is 17.1 Å². The van der Waals surface area contributed by atoms with E-state index in [1.54, 1.807) is 37.3 Å². The molecule has 2 aliphatic rings. The summed E-state index contributed by atoms with van der Waals surface area (Å²) < 4.78 is 6.13. The lowest BCUT2D eigenvalue weighted by Crippen LogP contribution is -2.62. The minimum Gasteiger partial charge on any atom is -0.451 e. The lowest BCUT2D eigenvalue weighted by Gasteiger charge is -2.38. The quantitative estimate of drug-likeness (QED) is 0.334. The number of non-ortho nitro benzene ring substituents is 1. The number of ether oxygens (including phenoxy) is 1. The molecule has 156 valence electrons. The van der Waals surface area contributed by atoms with E-state index in [2.05, 4.69) is 15.8 Å². The molecule has 0 fully saturated rings. The predicted molar refractivity (Wildman–Crippen MR) is 109 cm³/mol. The van der Waals surface area contributed by atoms with Crippen molar-refractivity contribution in [3.8, 4) is 5.75 Å². The summed E-state index contributed by atoms with van der Waals surface area (Å²) in [6.45, 7) is 1.71. The molecule has 0 saturated heterocycles. The third-order valence-electron chi connectivity index (χ3n) is 5.21. The first-order valence-corrected chi connectivity index (χ1v) is 9.41. The van der Waals surface area contributed by atoms with Crippen LogP contribution in [-0.2, 0) is 4.84 Å². The van der Waals surface area contributed by atoms with Crippen molar-refractivity contribution in [2.75, 3.05) is 0 Å². The van der Waals surface area contributed by atoms with Crippen molar-refractivity contribution in [2.45, 2.75) is 18.8 Å². The molecule has 1 spiro atoms. The normalized spacial score (nSPS) is 21.8. The molecule has 3 aromatic rings. The van der Waals surface area contributed by atoms with E-state index in [9.17, 15) is 19.7 Å². The third kappa shape index (κ3) is 3.05. The van der Waals surface area contributed by atoms with Gasteiger partial charge in [0.2, 0.25) is 0 Å². The molecule has 0 radical (unpaired) electrons. The van der Waals surface area contributed by atoms with E-state index in [-0.39, 0.29) is 22.6 Å². The fraction of sp³-hybridized carbons (Fsp3) is 0.143. The molecular weight excluding hydrogens is 404 g/mol. The van der Waals surface area contributed by atoms with Crippen LogP contribution in [0, 0.1) is 10.1 Å². The number of H-pyrrole nitrogens is 1. The van der Waals surface area contributed by atoms with Crippen molar-refractivity contribution in [2.24, 2.45) is 0 Å². The molecule has 1 aromatic heterocycles. The molecule has 10 heteroatoms. The van der Waals surface area contributed by atoms with Crippen molar-refractivity contribution in [1.29, 1.82) is 0 Å². The number of aromatic amines is 1. The minimum absolute atomic E-state index is 0.118. The first kappa shape index (κ1) is 19.0. The number of carbonyl (C=O) groups excluding carboxylic acids is 1. The van der Waals surface area contributed by atoms with E-state index >= 15 is 0 Å². The highest BCUT2D eigenvalue weighted by atomic mass is 16.7. The van der Waals surface area contributed by atoms with Gasteiger partial charge in [0.1, 0.15) is 17.6 Å². The average Bonchev–Trinajstić information content (AvgIpc) is 3.12. The Morgan fingerprint density at radius 3 is 2.58 bits per heavy atom. The van der Waals surface area contributed by atoms with Crippen LogP contribution in [0.4, 0.5) is 5.69 Å². The summed E-state index contributed by atoms with van der Waals surface area (Å²) in [5, 5.41) is 14.6. The number of nitrogens with one attached hydrogen (secondary N) is 3. The highest BCUT2D eigenvalue weighted by Crippen LogP contribution is 2.39. The summed E-state index contributed by atoms with van der Waals surface area (Å²) in [5.74, 6) is -1.04. The second kappa shape index (κ2) is 6.76. The summed E-state index contributed by atoms with van der Waals surface area (Å²) >= 11 is 0. The van der Waals surface area contributed by atoms with Gasteiger partial charge in [0.15, 0.2) is 5.78 Å². The molecule has 3 heterocycles. The number of hydroxylamine groups is 1. The third-order valence-corrected chi connectivity index (χ3v) is 5.21. The number of aromatic nitrogens is 1. The number of nitrogens with zero attached hydrogens (tertiary/aromatic N) is 1. The Morgan fingerprint density at radius 1 is 1.16 bits per heavy atom. The van der Waals surface area contributed by atoms with Crippen LogP contribution in [0.2, 0.25) is 0 Å². The zero-order valence-corrected chi connectivity index (χ0v) is 16.2. The monoisotopic (exact) mass is 420 g/mol. The maximum Gasteiger partial charge on any atom is 0.272 e. The first-order chi connectivity index (χ1) is 14.9. The van der Waals surface area contributed by atoms with Crippen LogP contribution < -0.4 is 21.1 Å².